The van der Waals surface area contributed by atoms with Gasteiger partial charge in [0.1, 0.15) is 11.6 Å². The fraction of sp³-hybridized carbons (Fsp3) is 0.273. The van der Waals surface area contributed by atoms with Crippen LogP contribution in [0.3, 0.4) is 0 Å². The Labute approximate surface area is 93.7 Å². The second-order valence-corrected chi connectivity index (χ2v) is 3.63. The number of nitrogen functional groups attached to an aromatic ring is 1. The van der Waals surface area contributed by atoms with E-state index in [4.69, 9.17) is 10.3 Å². The van der Waals surface area contributed by atoms with E-state index in [1.165, 1.54) is 0 Å². The summed E-state index contributed by atoms with van der Waals surface area (Å²) in [5, 5.41) is 7.08. The van der Waals surface area contributed by atoms with Crippen molar-refractivity contribution < 1.29 is 4.52 Å². The first-order valence-corrected chi connectivity index (χ1v) is 5.04. The van der Waals surface area contributed by atoms with Gasteiger partial charge >= 0.3 is 0 Å². The van der Waals surface area contributed by atoms with Crippen LogP contribution in [0.4, 0.5) is 11.5 Å². The molecule has 0 bridgehead atoms. The molecule has 2 rings (SSSR count). The van der Waals surface area contributed by atoms with Gasteiger partial charge in [-0.25, -0.2) is 4.98 Å². The third kappa shape index (κ3) is 2.13. The fourth-order valence-electron chi connectivity index (χ4n) is 1.44. The van der Waals surface area contributed by atoms with E-state index in [1.54, 1.807) is 6.20 Å². The monoisotopic (exact) mass is 218 g/mol. The summed E-state index contributed by atoms with van der Waals surface area (Å²) in [6.07, 6.45) is 1.62. The second-order valence-electron chi connectivity index (χ2n) is 3.63. The SMILES string of the molecule is Cc1noc(C)c1CNc1ccc(N)cn1. The molecule has 5 nitrogen and oxygen atoms in total. The Kier molecular flexibility index (Phi) is 2.76. The van der Waals surface area contributed by atoms with Gasteiger partial charge in [-0.3, -0.25) is 0 Å². The Bertz CT molecular complexity index is 456. The Morgan fingerprint density at radius 3 is 2.75 bits per heavy atom. The summed E-state index contributed by atoms with van der Waals surface area (Å²) in [6.45, 7) is 4.47. The van der Waals surface area contributed by atoms with E-state index in [-0.39, 0.29) is 0 Å². The van der Waals surface area contributed by atoms with Gasteiger partial charge in [-0.1, -0.05) is 5.16 Å². The number of rotatable bonds is 3. The predicted molar refractivity (Wildman–Crippen MR) is 62.0 cm³/mol. The lowest BCUT2D eigenvalue weighted by atomic mass is 10.2. The Morgan fingerprint density at radius 1 is 1.38 bits per heavy atom. The largest absolute Gasteiger partial charge is 0.397 e. The van der Waals surface area contributed by atoms with Crippen molar-refractivity contribution in [2.24, 2.45) is 0 Å². The molecule has 0 aliphatic heterocycles. The summed E-state index contributed by atoms with van der Waals surface area (Å²) in [4.78, 5) is 4.15. The Balaban J connectivity index is 2.05. The maximum absolute atomic E-state index is 5.55. The molecule has 2 aromatic rings. The van der Waals surface area contributed by atoms with E-state index in [2.05, 4.69) is 15.5 Å². The molecule has 0 saturated heterocycles. The molecule has 84 valence electrons. The van der Waals surface area contributed by atoms with Crippen molar-refractivity contribution in [1.29, 1.82) is 0 Å². The van der Waals surface area contributed by atoms with Crippen LogP contribution in [0.15, 0.2) is 22.9 Å². The zero-order valence-electron chi connectivity index (χ0n) is 9.32. The Morgan fingerprint density at radius 2 is 2.19 bits per heavy atom. The molecule has 5 heteroatoms. The number of hydrogen-bond donors (Lipinski definition) is 2. The Hall–Kier alpha value is -2.04. The van der Waals surface area contributed by atoms with Crippen LogP contribution in [0.5, 0.6) is 0 Å². The number of aromatic nitrogens is 2. The summed E-state index contributed by atoms with van der Waals surface area (Å²) in [5.41, 5.74) is 8.18. The summed E-state index contributed by atoms with van der Waals surface area (Å²) in [6, 6.07) is 3.65. The minimum atomic E-state index is 0.651. The summed E-state index contributed by atoms with van der Waals surface area (Å²) in [7, 11) is 0. The number of hydrogen-bond acceptors (Lipinski definition) is 5. The van der Waals surface area contributed by atoms with Crippen molar-refractivity contribution in [3.8, 4) is 0 Å². The first-order valence-electron chi connectivity index (χ1n) is 5.04. The van der Waals surface area contributed by atoms with Crippen molar-refractivity contribution in [2.45, 2.75) is 20.4 Å². The van der Waals surface area contributed by atoms with E-state index in [0.717, 1.165) is 22.8 Å². The van der Waals surface area contributed by atoms with Gasteiger partial charge in [0.15, 0.2) is 0 Å². The van der Waals surface area contributed by atoms with Crippen molar-refractivity contribution >= 4 is 11.5 Å². The van der Waals surface area contributed by atoms with Crippen molar-refractivity contribution in [1.82, 2.24) is 10.1 Å². The van der Waals surface area contributed by atoms with Gasteiger partial charge < -0.3 is 15.6 Å². The second kappa shape index (κ2) is 4.22. The molecule has 0 aromatic carbocycles. The molecule has 0 spiro atoms. The van der Waals surface area contributed by atoms with Crippen molar-refractivity contribution in [3.63, 3.8) is 0 Å². The number of nitrogens with zero attached hydrogens (tertiary/aromatic N) is 2. The van der Waals surface area contributed by atoms with Gasteiger partial charge in [-0.05, 0) is 26.0 Å². The predicted octanol–water partition coefficient (Wildman–Crippen LogP) is 1.88. The average molecular weight is 218 g/mol. The molecule has 0 atom stereocenters. The van der Waals surface area contributed by atoms with E-state index < -0.39 is 0 Å². The van der Waals surface area contributed by atoms with E-state index >= 15 is 0 Å². The van der Waals surface area contributed by atoms with Gasteiger partial charge in [-0.15, -0.1) is 0 Å². The first-order chi connectivity index (χ1) is 7.66. The van der Waals surface area contributed by atoms with Gasteiger partial charge in [0.2, 0.25) is 0 Å². The highest BCUT2D eigenvalue weighted by Gasteiger charge is 2.08. The normalized spacial score (nSPS) is 10.4. The molecule has 2 heterocycles. The first kappa shape index (κ1) is 10.5. The maximum Gasteiger partial charge on any atom is 0.138 e. The summed E-state index contributed by atoms with van der Waals surface area (Å²) in [5.74, 6) is 1.62. The molecule has 2 aromatic heterocycles. The minimum Gasteiger partial charge on any atom is -0.397 e. The minimum absolute atomic E-state index is 0.651. The number of nitrogens with one attached hydrogen (secondary N) is 1. The van der Waals surface area contributed by atoms with E-state index in [1.807, 2.05) is 26.0 Å². The molecule has 0 aliphatic carbocycles. The number of anilines is 2. The number of pyridine rings is 1. The average Bonchev–Trinajstić information content (AvgIpc) is 2.59. The smallest absolute Gasteiger partial charge is 0.138 e. The third-order valence-electron chi connectivity index (χ3n) is 2.41. The third-order valence-corrected chi connectivity index (χ3v) is 2.41. The molecule has 3 N–H and O–H groups in total. The molecule has 0 fully saturated rings. The highest BCUT2D eigenvalue weighted by Crippen LogP contribution is 2.14. The van der Waals surface area contributed by atoms with Crippen LogP contribution in [0, 0.1) is 13.8 Å². The highest BCUT2D eigenvalue weighted by molar-refractivity contribution is 5.44. The van der Waals surface area contributed by atoms with Crippen molar-refractivity contribution in [2.75, 3.05) is 11.1 Å². The fourth-order valence-corrected chi connectivity index (χ4v) is 1.44. The molecule has 0 saturated carbocycles. The standard InChI is InChI=1S/C11H14N4O/c1-7-10(8(2)16-15-7)6-14-11-4-3-9(12)5-13-11/h3-5H,6,12H2,1-2H3,(H,13,14). The van der Waals surface area contributed by atoms with Crippen LogP contribution in [0.25, 0.3) is 0 Å². The molecule has 0 aliphatic rings. The molecule has 0 unspecified atom stereocenters. The molecule has 0 amide bonds. The zero-order chi connectivity index (χ0) is 11.5. The maximum atomic E-state index is 5.55. The van der Waals surface area contributed by atoms with Gasteiger partial charge in [-0.2, -0.15) is 0 Å². The van der Waals surface area contributed by atoms with Gasteiger partial charge in [0.05, 0.1) is 17.6 Å². The number of aryl methyl sites for hydroxylation is 2. The topological polar surface area (TPSA) is 77.0 Å². The van der Waals surface area contributed by atoms with Crippen LogP contribution < -0.4 is 11.1 Å². The van der Waals surface area contributed by atoms with Crippen LogP contribution in [-0.4, -0.2) is 10.1 Å². The lowest BCUT2D eigenvalue weighted by molar-refractivity contribution is 0.392. The molecule has 0 radical (unpaired) electrons. The summed E-state index contributed by atoms with van der Waals surface area (Å²) >= 11 is 0. The lowest BCUT2D eigenvalue weighted by Gasteiger charge is -2.04. The molecular weight excluding hydrogens is 204 g/mol. The lowest BCUT2D eigenvalue weighted by Crippen LogP contribution is -2.03. The molecular formula is C11H14N4O. The van der Waals surface area contributed by atoms with Gasteiger partial charge in [0.25, 0.3) is 0 Å². The van der Waals surface area contributed by atoms with E-state index in [0.29, 0.717) is 12.2 Å². The number of nitrogens with two attached hydrogens (primary N) is 1. The van der Waals surface area contributed by atoms with Crippen LogP contribution in [0.2, 0.25) is 0 Å². The van der Waals surface area contributed by atoms with Crippen molar-refractivity contribution in [3.05, 3.63) is 35.3 Å². The van der Waals surface area contributed by atoms with Crippen LogP contribution >= 0.6 is 0 Å². The van der Waals surface area contributed by atoms with Gasteiger partial charge in [0, 0.05) is 12.1 Å². The summed E-state index contributed by atoms with van der Waals surface area (Å²) < 4.78 is 5.07. The van der Waals surface area contributed by atoms with Crippen LogP contribution in [0.1, 0.15) is 17.0 Å². The van der Waals surface area contributed by atoms with Crippen LogP contribution in [-0.2, 0) is 6.54 Å². The zero-order valence-corrected chi connectivity index (χ0v) is 9.32. The quantitative estimate of drug-likeness (QED) is 0.822. The highest BCUT2D eigenvalue weighted by atomic mass is 16.5. The van der Waals surface area contributed by atoms with E-state index in [9.17, 15) is 0 Å². The molecule has 16 heavy (non-hydrogen) atoms.